The predicted molar refractivity (Wildman–Crippen MR) is 80.1 cm³/mol. The molecule has 1 aliphatic rings. The standard InChI is InChI=1S/C17H27NO/c1-16(2,3)15-9-4-5-10-17(15,18)12-13-7-6-8-14(19)11-13/h6-8,11,15,19H,4-5,9-10,12,18H2,1-3H3. The fraction of sp³-hybridized carbons (Fsp3) is 0.647. The molecule has 2 heteroatoms. The maximum Gasteiger partial charge on any atom is 0.115 e. The Kier molecular flexibility index (Phi) is 3.91. The molecule has 0 aromatic heterocycles. The molecule has 0 bridgehead atoms. The van der Waals surface area contributed by atoms with Crippen molar-refractivity contribution < 1.29 is 5.11 Å². The molecular weight excluding hydrogens is 234 g/mol. The molecule has 0 heterocycles. The second-order valence-corrected chi connectivity index (χ2v) is 7.24. The number of rotatable bonds is 2. The van der Waals surface area contributed by atoms with Gasteiger partial charge >= 0.3 is 0 Å². The summed E-state index contributed by atoms with van der Waals surface area (Å²) < 4.78 is 0. The average Bonchev–Trinajstić information content (AvgIpc) is 2.27. The fourth-order valence-electron chi connectivity index (χ4n) is 3.82. The zero-order valence-corrected chi connectivity index (χ0v) is 12.4. The second kappa shape index (κ2) is 5.16. The fourth-order valence-corrected chi connectivity index (χ4v) is 3.82. The molecule has 0 amide bonds. The highest BCUT2D eigenvalue weighted by atomic mass is 16.3. The van der Waals surface area contributed by atoms with Gasteiger partial charge in [-0.05, 0) is 48.3 Å². The molecule has 1 saturated carbocycles. The van der Waals surface area contributed by atoms with E-state index in [2.05, 4.69) is 26.8 Å². The molecule has 19 heavy (non-hydrogen) atoms. The summed E-state index contributed by atoms with van der Waals surface area (Å²) in [4.78, 5) is 0. The van der Waals surface area contributed by atoms with Crippen LogP contribution in [-0.4, -0.2) is 10.6 Å². The summed E-state index contributed by atoms with van der Waals surface area (Å²) in [5.74, 6) is 0.875. The van der Waals surface area contributed by atoms with Crippen LogP contribution in [-0.2, 0) is 6.42 Å². The topological polar surface area (TPSA) is 46.2 Å². The van der Waals surface area contributed by atoms with Gasteiger partial charge in [0.15, 0.2) is 0 Å². The molecule has 1 aromatic carbocycles. The Balaban J connectivity index is 2.23. The summed E-state index contributed by atoms with van der Waals surface area (Å²) in [5, 5.41) is 9.61. The molecule has 1 aromatic rings. The molecule has 2 rings (SSSR count). The van der Waals surface area contributed by atoms with E-state index in [1.54, 1.807) is 6.07 Å². The molecule has 0 spiro atoms. The van der Waals surface area contributed by atoms with Crippen LogP contribution < -0.4 is 5.73 Å². The predicted octanol–water partition coefficient (Wildman–Crippen LogP) is 3.87. The normalized spacial score (nSPS) is 28.3. The van der Waals surface area contributed by atoms with Crippen molar-refractivity contribution in [3.05, 3.63) is 29.8 Å². The largest absolute Gasteiger partial charge is 0.508 e. The smallest absolute Gasteiger partial charge is 0.115 e. The van der Waals surface area contributed by atoms with Gasteiger partial charge in [0.05, 0.1) is 0 Å². The number of nitrogens with two attached hydrogens (primary N) is 1. The first-order valence-electron chi connectivity index (χ1n) is 7.38. The molecule has 2 atom stereocenters. The SMILES string of the molecule is CC(C)(C)C1CCCCC1(N)Cc1cccc(O)c1. The van der Waals surface area contributed by atoms with Crippen LogP contribution in [0.4, 0.5) is 0 Å². The van der Waals surface area contributed by atoms with Crippen molar-refractivity contribution in [2.45, 2.75) is 58.4 Å². The summed E-state index contributed by atoms with van der Waals surface area (Å²) in [6.07, 6.45) is 5.69. The first-order valence-corrected chi connectivity index (χ1v) is 7.38. The lowest BCUT2D eigenvalue weighted by Crippen LogP contribution is -2.55. The minimum absolute atomic E-state index is 0.135. The highest BCUT2D eigenvalue weighted by Gasteiger charge is 2.43. The molecule has 2 nitrogen and oxygen atoms in total. The van der Waals surface area contributed by atoms with Crippen LogP contribution >= 0.6 is 0 Å². The first kappa shape index (κ1) is 14.4. The maximum absolute atomic E-state index is 9.61. The minimum atomic E-state index is -0.135. The van der Waals surface area contributed by atoms with Crippen molar-refractivity contribution in [3.8, 4) is 5.75 Å². The molecular formula is C17H27NO. The number of aromatic hydroxyl groups is 1. The minimum Gasteiger partial charge on any atom is -0.508 e. The summed E-state index contributed by atoms with van der Waals surface area (Å²) in [6.45, 7) is 6.90. The summed E-state index contributed by atoms with van der Waals surface area (Å²) in [5.41, 5.74) is 8.05. The number of benzene rings is 1. The Morgan fingerprint density at radius 1 is 1.32 bits per heavy atom. The Bertz CT molecular complexity index is 435. The van der Waals surface area contributed by atoms with Crippen molar-refractivity contribution in [1.29, 1.82) is 0 Å². The van der Waals surface area contributed by atoms with Crippen LogP contribution in [0, 0.1) is 11.3 Å². The number of hydrogen-bond donors (Lipinski definition) is 2. The highest BCUT2D eigenvalue weighted by molar-refractivity contribution is 5.29. The number of phenols is 1. The van der Waals surface area contributed by atoms with E-state index < -0.39 is 0 Å². The van der Waals surface area contributed by atoms with Gasteiger partial charge < -0.3 is 10.8 Å². The van der Waals surface area contributed by atoms with Gasteiger partial charge in [-0.15, -0.1) is 0 Å². The number of hydrogen-bond acceptors (Lipinski definition) is 2. The lowest BCUT2D eigenvalue weighted by Gasteiger charge is -2.48. The summed E-state index contributed by atoms with van der Waals surface area (Å²) in [6, 6.07) is 7.54. The summed E-state index contributed by atoms with van der Waals surface area (Å²) in [7, 11) is 0. The van der Waals surface area contributed by atoms with Gasteiger partial charge in [-0.25, -0.2) is 0 Å². The zero-order valence-electron chi connectivity index (χ0n) is 12.4. The van der Waals surface area contributed by atoms with E-state index in [-0.39, 0.29) is 11.0 Å². The van der Waals surface area contributed by atoms with Crippen molar-refractivity contribution in [2.75, 3.05) is 0 Å². The van der Waals surface area contributed by atoms with Gasteiger partial charge in [0.2, 0.25) is 0 Å². The Morgan fingerprint density at radius 3 is 2.68 bits per heavy atom. The monoisotopic (exact) mass is 261 g/mol. The van der Waals surface area contributed by atoms with E-state index in [1.807, 2.05) is 12.1 Å². The van der Waals surface area contributed by atoms with E-state index in [1.165, 1.54) is 19.3 Å². The van der Waals surface area contributed by atoms with Gasteiger partial charge in [-0.2, -0.15) is 0 Å². The van der Waals surface area contributed by atoms with E-state index in [4.69, 9.17) is 5.73 Å². The van der Waals surface area contributed by atoms with Crippen LogP contribution in [0.3, 0.4) is 0 Å². The van der Waals surface area contributed by atoms with Crippen LogP contribution in [0.25, 0.3) is 0 Å². The second-order valence-electron chi connectivity index (χ2n) is 7.24. The molecule has 1 fully saturated rings. The Labute approximate surface area is 117 Å². The van der Waals surface area contributed by atoms with E-state index in [0.29, 0.717) is 11.7 Å². The van der Waals surface area contributed by atoms with Crippen LogP contribution in [0.5, 0.6) is 5.75 Å². The molecule has 106 valence electrons. The van der Waals surface area contributed by atoms with Crippen molar-refractivity contribution in [3.63, 3.8) is 0 Å². The molecule has 0 radical (unpaired) electrons. The van der Waals surface area contributed by atoms with Crippen LogP contribution in [0.15, 0.2) is 24.3 Å². The average molecular weight is 261 g/mol. The third kappa shape index (κ3) is 3.30. The van der Waals surface area contributed by atoms with Crippen LogP contribution in [0.2, 0.25) is 0 Å². The zero-order chi connectivity index (χ0) is 14.1. The van der Waals surface area contributed by atoms with Gasteiger partial charge in [0.25, 0.3) is 0 Å². The number of phenolic OH excluding ortho intramolecular Hbond substituents is 1. The van der Waals surface area contributed by atoms with Crippen molar-refractivity contribution in [2.24, 2.45) is 17.1 Å². The molecule has 0 aliphatic heterocycles. The first-order chi connectivity index (χ1) is 8.81. The Morgan fingerprint density at radius 2 is 2.05 bits per heavy atom. The van der Waals surface area contributed by atoms with E-state index >= 15 is 0 Å². The highest BCUT2D eigenvalue weighted by Crippen LogP contribution is 2.44. The molecule has 1 aliphatic carbocycles. The van der Waals surface area contributed by atoms with Gasteiger partial charge in [0.1, 0.15) is 5.75 Å². The van der Waals surface area contributed by atoms with Crippen LogP contribution in [0.1, 0.15) is 52.0 Å². The van der Waals surface area contributed by atoms with E-state index in [0.717, 1.165) is 18.4 Å². The molecule has 0 saturated heterocycles. The lowest BCUT2D eigenvalue weighted by atomic mass is 9.61. The summed E-state index contributed by atoms with van der Waals surface area (Å²) >= 11 is 0. The third-order valence-corrected chi connectivity index (χ3v) is 4.57. The molecule has 3 N–H and O–H groups in total. The third-order valence-electron chi connectivity index (χ3n) is 4.57. The molecule has 2 unspecified atom stereocenters. The van der Waals surface area contributed by atoms with Gasteiger partial charge in [-0.1, -0.05) is 45.7 Å². The van der Waals surface area contributed by atoms with Crippen molar-refractivity contribution >= 4 is 0 Å². The van der Waals surface area contributed by atoms with E-state index in [9.17, 15) is 5.11 Å². The van der Waals surface area contributed by atoms with Crippen molar-refractivity contribution in [1.82, 2.24) is 0 Å². The van der Waals surface area contributed by atoms with Gasteiger partial charge in [0, 0.05) is 5.54 Å². The van der Waals surface area contributed by atoms with Gasteiger partial charge in [-0.3, -0.25) is 0 Å². The quantitative estimate of drug-likeness (QED) is 0.849. The maximum atomic E-state index is 9.61. The lowest BCUT2D eigenvalue weighted by molar-refractivity contribution is 0.0793. The Hall–Kier alpha value is -1.02.